The number of hydrogen-bond donors (Lipinski definition) is 1. The monoisotopic (exact) mass is 314 g/mol. The molecule has 0 radical (unpaired) electrons. The minimum Gasteiger partial charge on any atom is -0.311 e. The third-order valence-corrected chi connectivity index (χ3v) is 4.18. The molecule has 0 unspecified atom stereocenters. The largest absolute Gasteiger partial charge is 0.311 e. The topological polar surface area (TPSA) is 32.3 Å². The van der Waals surface area contributed by atoms with Gasteiger partial charge in [0, 0.05) is 17.3 Å². The number of fused-ring (bicyclic) bond motifs is 1. The van der Waals surface area contributed by atoms with Crippen LogP contribution in [-0.4, -0.2) is 25.5 Å². The second kappa shape index (κ2) is 6.95. The molecule has 2 aromatic carbocycles. The fourth-order valence-corrected chi connectivity index (χ4v) is 3.03. The van der Waals surface area contributed by atoms with Crippen molar-refractivity contribution in [3.8, 4) is 0 Å². The zero-order valence-electron chi connectivity index (χ0n) is 12.4. The predicted molar refractivity (Wildman–Crippen MR) is 90.5 cm³/mol. The molecule has 4 heteroatoms. The summed E-state index contributed by atoms with van der Waals surface area (Å²) in [6.45, 7) is 1.92. The third-order valence-electron chi connectivity index (χ3n) is 3.94. The van der Waals surface area contributed by atoms with E-state index in [1.54, 1.807) is 0 Å². The smallest absolute Gasteiger partial charge is 0.240 e. The zero-order chi connectivity index (χ0) is 15.4. The molecule has 22 heavy (non-hydrogen) atoms. The van der Waals surface area contributed by atoms with Gasteiger partial charge in [-0.3, -0.25) is 4.79 Å². The maximum atomic E-state index is 12.3. The van der Waals surface area contributed by atoms with Crippen LogP contribution in [0.25, 0.3) is 0 Å². The Morgan fingerprint density at radius 1 is 1.18 bits per heavy atom. The Balaban J connectivity index is 1.47. The first-order chi connectivity index (χ1) is 10.7. The summed E-state index contributed by atoms with van der Waals surface area (Å²) >= 11 is 5.96. The lowest BCUT2D eigenvalue weighted by molar-refractivity contribution is -0.117. The number of para-hydroxylation sites is 1. The lowest BCUT2D eigenvalue weighted by Crippen LogP contribution is -2.37. The van der Waals surface area contributed by atoms with Gasteiger partial charge in [-0.05, 0) is 48.7 Å². The van der Waals surface area contributed by atoms with Gasteiger partial charge < -0.3 is 10.2 Å². The first kappa shape index (κ1) is 15.1. The SMILES string of the molecule is O=C(CNCCc1cccc(Cl)c1)N1CCc2ccccc21. The van der Waals surface area contributed by atoms with E-state index in [1.165, 1.54) is 11.1 Å². The number of nitrogens with one attached hydrogen (secondary N) is 1. The Morgan fingerprint density at radius 3 is 2.91 bits per heavy atom. The van der Waals surface area contributed by atoms with E-state index >= 15 is 0 Å². The highest BCUT2D eigenvalue weighted by molar-refractivity contribution is 6.30. The van der Waals surface area contributed by atoms with E-state index < -0.39 is 0 Å². The molecule has 0 aromatic heterocycles. The minimum absolute atomic E-state index is 0.135. The normalized spacial score (nSPS) is 13.2. The van der Waals surface area contributed by atoms with Crippen LogP contribution < -0.4 is 10.2 Å². The third kappa shape index (κ3) is 3.49. The molecule has 3 rings (SSSR count). The Morgan fingerprint density at radius 2 is 2.05 bits per heavy atom. The summed E-state index contributed by atoms with van der Waals surface area (Å²) in [5.74, 6) is 0.135. The van der Waals surface area contributed by atoms with Crippen LogP contribution in [0.15, 0.2) is 48.5 Å². The summed E-state index contributed by atoms with van der Waals surface area (Å²) in [7, 11) is 0. The Bertz CT molecular complexity index is 672. The molecule has 1 heterocycles. The first-order valence-electron chi connectivity index (χ1n) is 7.57. The lowest BCUT2D eigenvalue weighted by atomic mass is 10.1. The first-order valence-corrected chi connectivity index (χ1v) is 7.95. The number of anilines is 1. The number of halogens is 1. The second-order valence-corrected chi connectivity index (χ2v) is 5.92. The van der Waals surface area contributed by atoms with Crippen LogP contribution in [0.5, 0.6) is 0 Å². The van der Waals surface area contributed by atoms with Crippen molar-refractivity contribution in [1.82, 2.24) is 5.32 Å². The fourth-order valence-electron chi connectivity index (χ4n) is 2.81. The van der Waals surface area contributed by atoms with Gasteiger partial charge in [-0.15, -0.1) is 0 Å². The van der Waals surface area contributed by atoms with Crippen LogP contribution in [0, 0.1) is 0 Å². The van der Waals surface area contributed by atoms with Crippen molar-refractivity contribution in [1.29, 1.82) is 0 Å². The van der Waals surface area contributed by atoms with Crippen molar-refractivity contribution < 1.29 is 4.79 Å². The van der Waals surface area contributed by atoms with Crippen molar-refractivity contribution in [3.63, 3.8) is 0 Å². The number of amides is 1. The number of rotatable bonds is 5. The summed E-state index contributed by atoms with van der Waals surface area (Å²) in [6, 6.07) is 15.9. The molecule has 0 spiro atoms. The molecule has 0 bridgehead atoms. The average molecular weight is 315 g/mol. The molecule has 2 aromatic rings. The van der Waals surface area contributed by atoms with E-state index in [1.807, 2.05) is 47.4 Å². The van der Waals surface area contributed by atoms with Gasteiger partial charge in [-0.1, -0.05) is 41.9 Å². The molecular weight excluding hydrogens is 296 g/mol. The van der Waals surface area contributed by atoms with Crippen LogP contribution in [0.3, 0.4) is 0 Å². The number of carbonyl (C=O) groups is 1. The second-order valence-electron chi connectivity index (χ2n) is 5.48. The summed E-state index contributed by atoms with van der Waals surface area (Å²) in [6.07, 6.45) is 1.81. The van der Waals surface area contributed by atoms with E-state index in [0.29, 0.717) is 6.54 Å². The summed E-state index contributed by atoms with van der Waals surface area (Å²) < 4.78 is 0. The summed E-state index contributed by atoms with van der Waals surface area (Å²) in [4.78, 5) is 14.2. The number of hydrogen-bond acceptors (Lipinski definition) is 2. The molecule has 0 fully saturated rings. The van der Waals surface area contributed by atoms with Crippen LogP contribution in [0.2, 0.25) is 5.02 Å². The van der Waals surface area contributed by atoms with Crippen molar-refractivity contribution in [2.75, 3.05) is 24.5 Å². The standard InChI is InChI=1S/C18H19ClN2O/c19-16-6-3-4-14(12-16)8-10-20-13-18(22)21-11-9-15-5-1-2-7-17(15)21/h1-7,12,20H,8-11,13H2. The van der Waals surface area contributed by atoms with Gasteiger partial charge in [0.15, 0.2) is 0 Å². The minimum atomic E-state index is 0.135. The van der Waals surface area contributed by atoms with E-state index in [2.05, 4.69) is 11.4 Å². The molecule has 1 aliphatic rings. The highest BCUT2D eigenvalue weighted by atomic mass is 35.5. The van der Waals surface area contributed by atoms with E-state index in [4.69, 9.17) is 11.6 Å². The molecule has 1 amide bonds. The van der Waals surface area contributed by atoms with Gasteiger partial charge in [-0.2, -0.15) is 0 Å². The van der Waals surface area contributed by atoms with Crippen LogP contribution in [0.4, 0.5) is 5.69 Å². The fraction of sp³-hybridized carbons (Fsp3) is 0.278. The molecule has 0 saturated carbocycles. The van der Waals surface area contributed by atoms with Crippen molar-refractivity contribution in [3.05, 3.63) is 64.7 Å². The number of nitrogens with zero attached hydrogens (tertiary/aromatic N) is 1. The van der Waals surface area contributed by atoms with Gasteiger partial charge >= 0.3 is 0 Å². The zero-order valence-corrected chi connectivity index (χ0v) is 13.1. The van der Waals surface area contributed by atoms with Crippen molar-refractivity contribution in [2.24, 2.45) is 0 Å². The lowest BCUT2D eigenvalue weighted by Gasteiger charge is -2.17. The highest BCUT2D eigenvalue weighted by Crippen LogP contribution is 2.27. The van der Waals surface area contributed by atoms with Gasteiger partial charge in [0.2, 0.25) is 5.91 Å². The summed E-state index contributed by atoms with van der Waals surface area (Å²) in [5.41, 5.74) is 3.50. The van der Waals surface area contributed by atoms with Gasteiger partial charge in [0.1, 0.15) is 0 Å². The van der Waals surface area contributed by atoms with E-state index in [0.717, 1.165) is 36.6 Å². The van der Waals surface area contributed by atoms with E-state index in [-0.39, 0.29) is 5.91 Å². The highest BCUT2D eigenvalue weighted by Gasteiger charge is 2.23. The van der Waals surface area contributed by atoms with Gasteiger partial charge in [0.25, 0.3) is 0 Å². The van der Waals surface area contributed by atoms with Crippen LogP contribution >= 0.6 is 11.6 Å². The molecular formula is C18H19ClN2O. The van der Waals surface area contributed by atoms with Crippen LogP contribution in [-0.2, 0) is 17.6 Å². The predicted octanol–water partition coefficient (Wildman–Crippen LogP) is 3.06. The van der Waals surface area contributed by atoms with Gasteiger partial charge in [0.05, 0.1) is 6.54 Å². The van der Waals surface area contributed by atoms with Crippen LogP contribution in [0.1, 0.15) is 11.1 Å². The number of benzene rings is 2. The molecule has 1 aliphatic heterocycles. The molecule has 114 valence electrons. The van der Waals surface area contributed by atoms with Crippen molar-refractivity contribution in [2.45, 2.75) is 12.8 Å². The maximum Gasteiger partial charge on any atom is 0.240 e. The Hall–Kier alpha value is -1.84. The molecule has 0 aliphatic carbocycles. The Labute approximate surface area is 135 Å². The quantitative estimate of drug-likeness (QED) is 0.860. The number of carbonyl (C=O) groups excluding carboxylic acids is 1. The van der Waals surface area contributed by atoms with Crippen molar-refractivity contribution >= 4 is 23.2 Å². The molecule has 0 saturated heterocycles. The average Bonchev–Trinajstić information content (AvgIpc) is 2.95. The molecule has 3 nitrogen and oxygen atoms in total. The van der Waals surface area contributed by atoms with Gasteiger partial charge in [-0.25, -0.2) is 0 Å². The van der Waals surface area contributed by atoms with E-state index in [9.17, 15) is 4.79 Å². The molecule has 0 atom stereocenters. The maximum absolute atomic E-state index is 12.3. The summed E-state index contributed by atoms with van der Waals surface area (Å²) in [5, 5.41) is 3.98. The Kier molecular flexibility index (Phi) is 4.76. The molecule has 1 N–H and O–H groups in total.